The van der Waals surface area contributed by atoms with Crippen molar-refractivity contribution in [3.8, 4) is 11.3 Å². The van der Waals surface area contributed by atoms with Crippen LogP contribution in [0.4, 0.5) is 13.2 Å². The van der Waals surface area contributed by atoms with E-state index >= 15 is 0 Å². The van der Waals surface area contributed by atoms with Crippen LogP contribution in [0.2, 0.25) is 0 Å². The van der Waals surface area contributed by atoms with Crippen LogP contribution >= 0.6 is 0 Å². The maximum atomic E-state index is 13.0. The molecule has 0 radical (unpaired) electrons. The van der Waals surface area contributed by atoms with Crippen molar-refractivity contribution in [1.82, 2.24) is 14.6 Å². The van der Waals surface area contributed by atoms with Gasteiger partial charge in [-0.3, -0.25) is 0 Å². The van der Waals surface area contributed by atoms with Crippen LogP contribution in [0.5, 0.6) is 0 Å². The molecule has 20 heavy (non-hydrogen) atoms. The molecule has 102 valence electrons. The number of fused-ring (bicyclic) bond motifs is 1. The third-order valence-corrected chi connectivity index (χ3v) is 3.04. The molecule has 0 amide bonds. The van der Waals surface area contributed by atoms with E-state index in [2.05, 4.69) is 10.1 Å². The Labute approximate surface area is 112 Å². The fraction of sp³-hybridized carbons (Fsp3) is 0.143. The Morgan fingerprint density at radius 3 is 2.55 bits per heavy atom. The third kappa shape index (κ3) is 2.03. The Balaban J connectivity index is 2.23. The Morgan fingerprint density at radius 2 is 1.80 bits per heavy atom. The van der Waals surface area contributed by atoms with Gasteiger partial charge in [0.05, 0.1) is 23.1 Å². The van der Waals surface area contributed by atoms with E-state index in [0.29, 0.717) is 5.65 Å². The zero-order valence-corrected chi connectivity index (χ0v) is 10.5. The van der Waals surface area contributed by atoms with E-state index in [1.54, 1.807) is 31.3 Å². The summed E-state index contributed by atoms with van der Waals surface area (Å²) in [5.74, 6) is 0. The van der Waals surface area contributed by atoms with Gasteiger partial charge in [-0.15, -0.1) is 0 Å². The first-order valence-electron chi connectivity index (χ1n) is 5.95. The van der Waals surface area contributed by atoms with Gasteiger partial charge < -0.3 is 0 Å². The molecule has 0 spiro atoms. The van der Waals surface area contributed by atoms with Crippen molar-refractivity contribution in [3.63, 3.8) is 0 Å². The van der Waals surface area contributed by atoms with Crippen LogP contribution < -0.4 is 0 Å². The van der Waals surface area contributed by atoms with E-state index < -0.39 is 11.7 Å². The molecular weight excluding hydrogens is 267 g/mol. The molecule has 0 unspecified atom stereocenters. The Kier molecular flexibility index (Phi) is 2.74. The highest BCUT2D eigenvalue weighted by molar-refractivity contribution is 5.65. The third-order valence-electron chi connectivity index (χ3n) is 3.04. The molecule has 2 heterocycles. The molecule has 6 heteroatoms. The van der Waals surface area contributed by atoms with Crippen LogP contribution in [0.3, 0.4) is 0 Å². The second-order valence-corrected chi connectivity index (χ2v) is 4.43. The van der Waals surface area contributed by atoms with E-state index in [-0.39, 0.29) is 11.3 Å². The van der Waals surface area contributed by atoms with Crippen molar-refractivity contribution in [3.05, 3.63) is 53.9 Å². The molecule has 0 atom stereocenters. The number of halogens is 3. The van der Waals surface area contributed by atoms with Crippen molar-refractivity contribution < 1.29 is 13.2 Å². The summed E-state index contributed by atoms with van der Waals surface area (Å²) in [7, 11) is 0. The number of imidazole rings is 1. The largest absolute Gasteiger partial charge is 0.417 e. The Hall–Kier alpha value is -2.37. The highest BCUT2D eigenvalue weighted by Crippen LogP contribution is 2.36. The lowest BCUT2D eigenvalue weighted by Crippen LogP contribution is -2.08. The molecule has 0 bridgehead atoms. The van der Waals surface area contributed by atoms with Gasteiger partial charge in [-0.05, 0) is 25.1 Å². The lowest BCUT2D eigenvalue weighted by Gasteiger charge is -2.12. The SMILES string of the molecule is Cc1cnc2ccc(-c3ccccc3C(F)(F)F)nn12. The van der Waals surface area contributed by atoms with Gasteiger partial charge in [0, 0.05) is 5.56 Å². The predicted molar refractivity (Wildman–Crippen MR) is 68.2 cm³/mol. The number of aromatic nitrogens is 3. The maximum absolute atomic E-state index is 13.0. The Morgan fingerprint density at radius 1 is 1.05 bits per heavy atom. The van der Waals surface area contributed by atoms with Crippen LogP contribution in [0, 0.1) is 6.92 Å². The molecule has 0 N–H and O–H groups in total. The van der Waals surface area contributed by atoms with Gasteiger partial charge >= 0.3 is 6.18 Å². The molecule has 0 aliphatic heterocycles. The molecule has 3 aromatic rings. The fourth-order valence-corrected chi connectivity index (χ4v) is 2.09. The molecule has 0 fully saturated rings. The van der Waals surface area contributed by atoms with Crippen LogP contribution in [-0.2, 0) is 6.18 Å². The van der Waals surface area contributed by atoms with E-state index in [4.69, 9.17) is 0 Å². The summed E-state index contributed by atoms with van der Waals surface area (Å²) in [6.07, 6.45) is -2.78. The topological polar surface area (TPSA) is 30.2 Å². The summed E-state index contributed by atoms with van der Waals surface area (Å²) < 4.78 is 40.6. The summed E-state index contributed by atoms with van der Waals surface area (Å²) in [5.41, 5.74) is 1.02. The molecular formula is C14H10F3N3. The Bertz CT molecular complexity index is 775. The minimum Gasteiger partial charge on any atom is -0.235 e. The minimum atomic E-state index is -4.41. The second kappa shape index (κ2) is 4.33. The predicted octanol–water partition coefficient (Wildman–Crippen LogP) is 3.72. The first kappa shape index (κ1) is 12.7. The summed E-state index contributed by atoms with van der Waals surface area (Å²) in [4.78, 5) is 4.10. The molecule has 0 aliphatic carbocycles. The van der Waals surface area contributed by atoms with E-state index in [9.17, 15) is 13.2 Å². The summed E-state index contributed by atoms with van der Waals surface area (Å²) in [5, 5.41) is 4.23. The lowest BCUT2D eigenvalue weighted by atomic mass is 10.0. The fourth-order valence-electron chi connectivity index (χ4n) is 2.09. The number of nitrogens with zero attached hydrogens (tertiary/aromatic N) is 3. The molecule has 2 aromatic heterocycles. The van der Waals surface area contributed by atoms with Crippen molar-refractivity contribution in [1.29, 1.82) is 0 Å². The molecule has 3 rings (SSSR count). The molecule has 0 saturated carbocycles. The van der Waals surface area contributed by atoms with Gasteiger partial charge in [-0.1, -0.05) is 18.2 Å². The molecule has 0 saturated heterocycles. The lowest BCUT2D eigenvalue weighted by molar-refractivity contribution is -0.137. The maximum Gasteiger partial charge on any atom is 0.417 e. The summed E-state index contributed by atoms with van der Waals surface area (Å²) >= 11 is 0. The van der Waals surface area contributed by atoms with Crippen LogP contribution in [0.15, 0.2) is 42.6 Å². The standard InChI is InChI=1S/C14H10F3N3/c1-9-8-18-13-7-6-12(19-20(9)13)10-4-2-3-5-11(10)14(15,16)17/h2-8H,1H3. The quantitative estimate of drug-likeness (QED) is 0.678. The summed E-state index contributed by atoms with van der Waals surface area (Å²) in [6.45, 7) is 1.80. The number of alkyl halides is 3. The van der Waals surface area contributed by atoms with Crippen LogP contribution in [0.25, 0.3) is 16.9 Å². The average molecular weight is 277 g/mol. The van der Waals surface area contributed by atoms with E-state index in [1.165, 1.54) is 16.6 Å². The van der Waals surface area contributed by atoms with Gasteiger partial charge in [0.2, 0.25) is 0 Å². The molecule has 1 aromatic carbocycles. The zero-order valence-electron chi connectivity index (χ0n) is 10.5. The zero-order chi connectivity index (χ0) is 14.3. The molecule has 0 aliphatic rings. The van der Waals surface area contributed by atoms with Gasteiger partial charge in [0.25, 0.3) is 0 Å². The second-order valence-electron chi connectivity index (χ2n) is 4.43. The number of hydrogen-bond acceptors (Lipinski definition) is 2. The number of hydrogen-bond donors (Lipinski definition) is 0. The van der Waals surface area contributed by atoms with Crippen molar-refractivity contribution in [2.45, 2.75) is 13.1 Å². The molecule has 3 nitrogen and oxygen atoms in total. The van der Waals surface area contributed by atoms with Gasteiger partial charge in [-0.25, -0.2) is 9.50 Å². The summed E-state index contributed by atoms with van der Waals surface area (Å²) in [6, 6.07) is 8.62. The number of aryl methyl sites for hydroxylation is 1. The smallest absolute Gasteiger partial charge is 0.235 e. The van der Waals surface area contributed by atoms with Gasteiger partial charge in [0.1, 0.15) is 0 Å². The highest BCUT2D eigenvalue weighted by atomic mass is 19.4. The van der Waals surface area contributed by atoms with Crippen molar-refractivity contribution in [2.24, 2.45) is 0 Å². The van der Waals surface area contributed by atoms with Crippen LogP contribution in [0.1, 0.15) is 11.3 Å². The first-order chi connectivity index (χ1) is 9.47. The monoisotopic (exact) mass is 277 g/mol. The van der Waals surface area contributed by atoms with Crippen LogP contribution in [-0.4, -0.2) is 14.6 Å². The van der Waals surface area contributed by atoms with Gasteiger partial charge in [0.15, 0.2) is 5.65 Å². The average Bonchev–Trinajstić information content (AvgIpc) is 2.79. The van der Waals surface area contributed by atoms with Gasteiger partial charge in [-0.2, -0.15) is 18.3 Å². The number of benzene rings is 1. The number of rotatable bonds is 1. The van der Waals surface area contributed by atoms with E-state index in [1.807, 2.05) is 0 Å². The normalized spacial score (nSPS) is 12.0. The van der Waals surface area contributed by atoms with Crippen molar-refractivity contribution in [2.75, 3.05) is 0 Å². The highest BCUT2D eigenvalue weighted by Gasteiger charge is 2.33. The van der Waals surface area contributed by atoms with Crippen molar-refractivity contribution >= 4 is 5.65 Å². The van der Waals surface area contributed by atoms with E-state index in [0.717, 1.165) is 11.8 Å². The first-order valence-corrected chi connectivity index (χ1v) is 5.95. The minimum absolute atomic E-state index is 0.0648.